The number of halogens is 1. The fourth-order valence-corrected chi connectivity index (χ4v) is 2.86. The van der Waals surface area contributed by atoms with Crippen molar-refractivity contribution in [3.8, 4) is 0 Å². The summed E-state index contributed by atoms with van der Waals surface area (Å²) in [7, 11) is 0. The summed E-state index contributed by atoms with van der Waals surface area (Å²) in [4.78, 5) is 2.32. The summed E-state index contributed by atoms with van der Waals surface area (Å²) >= 11 is 6.17. The highest BCUT2D eigenvalue weighted by Gasteiger charge is 2.14. The van der Waals surface area contributed by atoms with Gasteiger partial charge in [-0.1, -0.05) is 29.8 Å². The molecule has 21 heavy (non-hydrogen) atoms. The molecular weight excluding hydrogens is 280 g/mol. The summed E-state index contributed by atoms with van der Waals surface area (Å²) in [5.74, 6) is 0. The number of hydrogen-bond acceptors (Lipinski definition) is 2. The van der Waals surface area contributed by atoms with E-state index in [0.717, 1.165) is 18.0 Å². The normalized spacial score (nSPS) is 12.2. The van der Waals surface area contributed by atoms with E-state index in [9.17, 15) is 0 Å². The Labute approximate surface area is 132 Å². The predicted octanol–water partition coefficient (Wildman–Crippen LogP) is 4.70. The highest BCUT2D eigenvalue weighted by molar-refractivity contribution is 6.30. The van der Waals surface area contributed by atoms with Crippen molar-refractivity contribution < 1.29 is 0 Å². The van der Waals surface area contributed by atoms with E-state index >= 15 is 0 Å². The second kappa shape index (κ2) is 6.97. The van der Waals surface area contributed by atoms with Crippen LogP contribution in [-0.4, -0.2) is 12.6 Å². The van der Waals surface area contributed by atoms with Gasteiger partial charge in [0.2, 0.25) is 0 Å². The van der Waals surface area contributed by atoms with Gasteiger partial charge >= 0.3 is 0 Å². The molecule has 0 amide bonds. The van der Waals surface area contributed by atoms with Gasteiger partial charge in [-0.15, -0.1) is 0 Å². The Morgan fingerprint density at radius 1 is 1.14 bits per heavy atom. The van der Waals surface area contributed by atoms with Crippen molar-refractivity contribution >= 4 is 23.0 Å². The van der Waals surface area contributed by atoms with Gasteiger partial charge in [0.25, 0.3) is 0 Å². The lowest BCUT2D eigenvalue weighted by molar-refractivity contribution is 0.736. The first-order valence-corrected chi connectivity index (χ1v) is 7.78. The Hall–Kier alpha value is -1.51. The molecule has 2 aromatic carbocycles. The van der Waals surface area contributed by atoms with E-state index in [0.29, 0.717) is 0 Å². The number of hydrogen-bond donors (Lipinski definition) is 1. The zero-order valence-corrected chi connectivity index (χ0v) is 13.7. The van der Waals surface area contributed by atoms with Crippen molar-refractivity contribution in [1.29, 1.82) is 0 Å². The van der Waals surface area contributed by atoms with Crippen molar-refractivity contribution in [3.05, 3.63) is 58.6 Å². The van der Waals surface area contributed by atoms with E-state index < -0.39 is 0 Å². The molecule has 2 rings (SSSR count). The van der Waals surface area contributed by atoms with Crippen molar-refractivity contribution in [2.45, 2.75) is 33.2 Å². The summed E-state index contributed by atoms with van der Waals surface area (Å²) < 4.78 is 0. The lowest BCUT2D eigenvalue weighted by Gasteiger charge is -2.28. The third kappa shape index (κ3) is 3.78. The molecule has 2 aromatic rings. The van der Waals surface area contributed by atoms with Crippen LogP contribution in [0.4, 0.5) is 11.4 Å². The van der Waals surface area contributed by atoms with Gasteiger partial charge in [-0.05, 0) is 62.6 Å². The highest BCUT2D eigenvalue weighted by atomic mass is 35.5. The largest absolute Gasteiger partial charge is 0.341 e. The number of rotatable bonds is 5. The fourth-order valence-electron chi connectivity index (χ4n) is 2.66. The average molecular weight is 303 g/mol. The van der Waals surface area contributed by atoms with Crippen molar-refractivity contribution in [1.82, 2.24) is 0 Å². The Kier molecular flexibility index (Phi) is 5.27. The maximum Gasteiger partial charge on any atom is 0.0444 e. The Balaban J connectivity index is 2.50. The molecule has 0 fully saturated rings. The molecule has 0 radical (unpaired) electrons. The van der Waals surface area contributed by atoms with Crippen LogP contribution in [0.2, 0.25) is 5.02 Å². The lowest BCUT2D eigenvalue weighted by Crippen LogP contribution is -2.22. The lowest BCUT2D eigenvalue weighted by atomic mass is 10.0. The number of nitrogens with zero attached hydrogens (tertiary/aromatic N) is 1. The Bertz CT molecular complexity index is 608. The molecule has 0 spiro atoms. The minimum absolute atomic E-state index is 0.109. The van der Waals surface area contributed by atoms with E-state index in [1.54, 1.807) is 0 Å². The molecule has 1 unspecified atom stereocenters. The van der Waals surface area contributed by atoms with E-state index in [-0.39, 0.29) is 6.04 Å². The molecule has 112 valence electrons. The van der Waals surface area contributed by atoms with Gasteiger partial charge in [0.05, 0.1) is 0 Å². The Morgan fingerprint density at radius 2 is 1.86 bits per heavy atom. The van der Waals surface area contributed by atoms with Gasteiger partial charge < -0.3 is 10.6 Å². The second-order valence-corrected chi connectivity index (χ2v) is 5.92. The standard InChI is InChI=1S/C18H23ClN2/c1-4-21(17-8-6-5-7-13(17)2)18-10-9-16(19)12-15(18)11-14(3)20/h5-10,12,14H,4,11,20H2,1-3H3. The minimum atomic E-state index is 0.109. The minimum Gasteiger partial charge on any atom is -0.341 e. The molecule has 0 bridgehead atoms. The monoisotopic (exact) mass is 302 g/mol. The van der Waals surface area contributed by atoms with E-state index in [1.807, 2.05) is 19.1 Å². The average Bonchev–Trinajstić information content (AvgIpc) is 2.43. The molecule has 0 aliphatic heterocycles. The third-order valence-corrected chi connectivity index (χ3v) is 3.83. The molecule has 2 N–H and O–H groups in total. The highest BCUT2D eigenvalue weighted by Crippen LogP contribution is 2.32. The van der Waals surface area contributed by atoms with Crippen LogP contribution < -0.4 is 10.6 Å². The number of anilines is 2. The second-order valence-electron chi connectivity index (χ2n) is 5.49. The summed E-state index contributed by atoms with van der Waals surface area (Å²) in [5, 5.41) is 0.759. The molecule has 1 atom stereocenters. The topological polar surface area (TPSA) is 29.3 Å². The quantitative estimate of drug-likeness (QED) is 0.867. The van der Waals surface area contributed by atoms with Crippen LogP contribution in [0.3, 0.4) is 0 Å². The molecule has 2 nitrogen and oxygen atoms in total. The fraction of sp³-hybridized carbons (Fsp3) is 0.333. The molecule has 3 heteroatoms. The molecule has 0 saturated carbocycles. The van der Waals surface area contributed by atoms with Crippen LogP contribution in [0.15, 0.2) is 42.5 Å². The van der Waals surface area contributed by atoms with Crippen molar-refractivity contribution in [2.24, 2.45) is 5.73 Å². The first kappa shape index (κ1) is 15.9. The number of benzene rings is 2. The maximum absolute atomic E-state index is 6.17. The molecule has 0 aliphatic carbocycles. The Morgan fingerprint density at radius 3 is 2.48 bits per heavy atom. The smallest absolute Gasteiger partial charge is 0.0444 e. The van der Waals surface area contributed by atoms with Crippen molar-refractivity contribution in [3.63, 3.8) is 0 Å². The molecule has 0 aliphatic rings. The molecule has 0 aromatic heterocycles. The van der Waals surface area contributed by atoms with E-state index in [2.05, 4.69) is 49.1 Å². The first-order chi connectivity index (χ1) is 10.0. The van der Waals surface area contributed by atoms with Gasteiger partial charge in [-0.25, -0.2) is 0 Å². The SMILES string of the molecule is CCN(c1ccccc1C)c1ccc(Cl)cc1CC(C)N. The van der Waals surface area contributed by atoms with Crippen LogP contribution in [-0.2, 0) is 6.42 Å². The van der Waals surface area contributed by atoms with Gasteiger partial charge in [0.1, 0.15) is 0 Å². The van der Waals surface area contributed by atoms with Crippen LogP contribution in [0.1, 0.15) is 25.0 Å². The van der Waals surface area contributed by atoms with Crippen molar-refractivity contribution in [2.75, 3.05) is 11.4 Å². The summed E-state index contributed by atoms with van der Waals surface area (Å²) in [6.07, 6.45) is 0.818. The molecule has 0 saturated heterocycles. The van der Waals surface area contributed by atoms with E-state index in [4.69, 9.17) is 17.3 Å². The van der Waals surface area contributed by atoms with Crippen LogP contribution >= 0.6 is 11.6 Å². The summed E-state index contributed by atoms with van der Waals surface area (Å²) in [6.45, 7) is 7.23. The van der Waals surface area contributed by atoms with Crippen LogP contribution in [0, 0.1) is 6.92 Å². The molecular formula is C18H23ClN2. The van der Waals surface area contributed by atoms with Crippen LogP contribution in [0.5, 0.6) is 0 Å². The number of aryl methyl sites for hydroxylation is 1. The van der Waals surface area contributed by atoms with Gasteiger partial charge in [0, 0.05) is 29.0 Å². The maximum atomic E-state index is 6.17. The zero-order valence-electron chi connectivity index (χ0n) is 12.9. The van der Waals surface area contributed by atoms with Gasteiger partial charge in [-0.2, -0.15) is 0 Å². The van der Waals surface area contributed by atoms with Gasteiger partial charge in [0.15, 0.2) is 0 Å². The molecule has 0 heterocycles. The van der Waals surface area contributed by atoms with Gasteiger partial charge in [-0.3, -0.25) is 0 Å². The first-order valence-electron chi connectivity index (χ1n) is 7.40. The third-order valence-electron chi connectivity index (χ3n) is 3.60. The predicted molar refractivity (Wildman–Crippen MR) is 92.7 cm³/mol. The van der Waals surface area contributed by atoms with E-state index in [1.165, 1.54) is 22.5 Å². The number of para-hydroxylation sites is 1. The summed E-state index contributed by atoms with van der Waals surface area (Å²) in [6, 6.07) is 14.6. The summed E-state index contributed by atoms with van der Waals surface area (Å²) in [5.41, 5.74) is 10.9. The number of nitrogens with two attached hydrogens (primary N) is 1. The van der Waals surface area contributed by atoms with Crippen LogP contribution in [0.25, 0.3) is 0 Å². The zero-order chi connectivity index (χ0) is 15.4.